The molecule has 0 saturated carbocycles. The van der Waals surface area contributed by atoms with Crippen molar-refractivity contribution in [1.29, 1.82) is 0 Å². The average Bonchev–Trinajstić information content (AvgIpc) is 2.28. The predicted octanol–water partition coefficient (Wildman–Crippen LogP) is 2.76. The fourth-order valence-corrected chi connectivity index (χ4v) is 2.42. The van der Waals surface area contributed by atoms with Crippen molar-refractivity contribution in [2.75, 3.05) is 19.8 Å². The predicted molar refractivity (Wildman–Crippen MR) is 72.0 cm³/mol. The van der Waals surface area contributed by atoms with Gasteiger partial charge in [-0.2, -0.15) is 0 Å². The molecule has 1 aliphatic heterocycles. The van der Waals surface area contributed by atoms with E-state index in [2.05, 4.69) is 47.2 Å². The Kier molecular flexibility index (Phi) is 4.29. The molecule has 1 heterocycles. The highest BCUT2D eigenvalue weighted by molar-refractivity contribution is 9.10. The number of fused-ring (bicyclic) bond motifs is 1. The van der Waals surface area contributed by atoms with E-state index in [1.165, 1.54) is 5.56 Å². The molecular formula is C13H18BrNO2. The number of hydrogen-bond acceptors (Lipinski definition) is 3. The normalized spacial score (nSPS) is 14.1. The van der Waals surface area contributed by atoms with E-state index >= 15 is 0 Å². The van der Waals surface area contributed by atoms with Crippen molar-refractivity contribution in [3.8, 4) is 11.5 Å². The van der Waals surface area contributed by atoms with Crippen molar-refractivity contribution in [2.45, 2.75) is 26.3 Å². The van der Waals surface area contributed by atoms with Crippen LogP contribution in [0.4, 0.5) is 0 Å². The molecule has 0 spiro atoms. The van der Waals surface area contributed by atoms with Crippen molar-refractivity contribution in [2.24, 2.45) is 0 Å². The van der Waals surface area contributed by atoms with Gasteiger partial charge in [0, 0.05) is 6.04 Å². The van der Waals surface area contributed by atoms with E-state index in [9.17, 15) is 0 Å². The van der Waals surface area contributed by atoms with Crippen molar-refractivity contribution in [1.82, 2.24) is 5.32 Å². The summed E-state index contributed by atoms with van der Waals surface area (Å²) >= 11 is 3.53. The van der Waals surface area contributed by atoms with Crippen LogP contribution in [-0.4, -0.2) is 25.8 Å². The van der Waals surface area contributed by atoms with Gasteiger partial charge in [0.2, 0.25) is 0 Å². The van der Waals surface area contributed by atoms with Gasteiger partial charge in [-0.25, -0.2) is 0 Å². The minimum Gasteiger partial charge on any atom is -0.486 e. The van der Waals surface area contributed by atoms with E-state index in [-0.39, 0.29) is 0 Å². The largest absolute Gasteiger partial charge is 0.486 e. The Balaban J connectivity index is 2.06. The van der Waals surface area contributed by atoms with Crippen LogP contribution in [0.15, 0.2) is 16.6 Å². The SMILES string of the molecule is CC(C)NCCc1cc(Br)c2c(c1)OCCO2. The van der Waals surface area contributed by atoms with Gasteiger partial charge in [0.1, 0.15) is 13.2 Å². The van der Waals surface area contributed by atoms with Crippen molar-refractivity contribution in [3.05, 3.63) is 22.2 Å². The fourth-order valence-electron chi connectivity index (χ4n) is 1.81. The molecule has 0 radical (unpaired) electrons. The van der Waals surface area contributed by atoms with Crippen LogP contribution < -0.4 is 14.8 Å². The van der Waals surface area contributed by atoms with Gasteiger partial charge in [0.05, 0.1) is 4.47 Å². The van der Waals surface area contributed by atoms with Crippen LogP contribution in [0.2, 0.25) is 0 Å². The Morgan fingerprint density at radius 1 is 1.29 bits per heavy atom. The number of nitrogens with one attached hydrogen (secondary N) is 1. The van der Waals surface area contributed by atoms with Crippen molar-refractivity contribution in [3.63, 3.8) is 0 Å². The first-order chi connectivity index (χ1) is 8.16. The summed E-state index contributed by atoms with van der Waals surface area (Å²) in [5.74, 6) is 1.68. The van der Waals surface area contributed by atoms with E-state index in [0.717, 1.165) is 28.9 Å². The van der Waals surface area contributed by atoms with E-state index in [0.29, 0.717) is 19.3 Å². The number of rotatable bonds is 4. The lowest BCUT2D eigenvalue weighted by Gasteiger charge is -2.20. The summed E-state index contributed by atoms with van der Waals surface area (Å²) in [6.07, 6.45) is 0.993. The van der Waals surface area contributed by atoms with Crippen LogP contribution in [0, 0.1) is 0 Å². The molecule has 0 aromatic heterocycles. The van der Waals surface area contributed by atoms with Gasteiger partial charge in [-0.15, -0.1) is 0 Å². The Hall–Kier alpha value is -0.740. The average molecular weight is 300 g/mol. The lowest BCUT2D eigenvalue weighted by molar-refractivity contribution is 0.170. The van der Waals surface area contributed by atoms with E-state index < -0.39 is 0 Å². The topological polar surface area (TPSA) is 30.5 Å². The Morgan fingerprint density at radius 2 is 2.06 bits per heavy atom. The van der Waals surface area contributed by atoms with Crippen LogP contribution in [0.3, 0.4) is 0 Å². The van der Waals surface area contributed by atoms with Crippen molar-refractivity contribution >= 4 is 15.9 Å². The molecule has 17 heavy (non-hydrogen) atoms. The molecule has 0 fully saturated rings. The molecular weight excluding hydrogens is 282 g/mol. The van der Waals surface area contributed by atoms with Crippen LogP contribution in [0.25, 0.3) is 0 Å². The summed E-state index contributed by atoms with van der Waals surface area (Å²) in [6.45, 7) is 6.54. The number of ether oxygens (including phenoxy) is 2. The molecule has 2 rings (SSSR count). The molecule has 1 aliphatic rings. The molecule has 0 bridgehead atoms. The molecule has 0 aliphatic carbocycles. The second kappa shape index (κ2) is 5.74. The molecule has 0 amide bonds. The highest BCUT2D eigenvalue weighted by atomic mass is 79.9. The molecule has 1 N–H and O–H groups in total. The van der Waals surface area contributed by atoms with Gasteiger partial charge >= 0.3 is 0 Å². The summed E-state index contributed by atoms with van der Waals surface area (Å²) in [6, 6.07) is 4.70. The van der Waals surface area contributed by atoms with Crippen LogP contribution in [0.5, 0.6) is 11.5 Å². The van der Waals surface area contributed by atoms with Gasteiger partial charge in [-0.1, -0.05) is 13.8 Å². The quantitative estimate of drug-likeness (QED) is 0.927. The van der Waals surface area contributed by atoms with Crippen LogP contribution in [0.1, 0.15) is 19.4 Å². The molecule has 4 heteroatoms. The zero-order valence-corrected chi connectivity index (χ0v) is 11.8. The second-order valence-electron chi connectivity index (χ2n) is 4.46. The summed E-state index contributed by atoms with van der Waals surface area (Å²) in [4.78, 5) is 0. The molecule has 1 aromatic rings. The minimum atomic E-state index is 0.524. The van der Waals surface area contributed by atoms with Gasteiger partial charge < -0.3 is 14.8 Å². The number of halogens is 1. The van der Waals surface area contributed by atoms with Crippen LogP contribution in [-0.2, 0) is 6.42 Å². The van der Waals surface area contributed by atoms with Gasteiger partial charge in [-0.3, -0.25) is 0 Å². The monoisotopic (exact) mass is 299 g/mol. The Labute approximate surface area is 111 Å². The maximum absolute atomic E-state index is 5.60. The van der Waals surface area contributed by atoms with Crippen LogP contribution >= 0.6 is 15.9 Å². The first kappa shape index (κ1) is 12.7. The number of benzene rings is 1. The van der Waals surface area contributed by atoms with Gasteiger partial charge in [0.25, 0.3) is 0 Å². The highest BCUT2D eigenvalue weighted by Crippen LogP contribution is 2.38. The third-order valence-corrected chi connectivity index (χ3v) is 3.21. The number of hydrogen-bond donors (Lipinski definition) is 1. The molecule has 3 nitrogen and oxygen atoms in total. The summed E-state index contributed by atoms with van der Waals surface area (Å²) < 4.78 is 12.1. The van der Waals surface area contributed by atoms with E-state index in [1.54, 1.807) is 0 Å². The molecule has 0 saturated heterocycles. The lowest BCUT2D eigenvalue weighted by atomic mass is 10.1. The smallest absolute Gasteiger partial charge is 0.175 e. The van der Waals surface area contributed by atoms with Gasteiger partial charge in [0.15, 0.2) is 11.5 Å². The summed E-state index contributed by atoms with van der Waals surface area (Å²) in [5, 5.41) is 3.41. The van der Waals surface area contributed by atoms with E-state index in [4.69, 9.17) is 9.47 Å². The maximum atomic E-state index is 5.60. The first-order valence-electron chi connectivity index (χ1n) is 5.98. The van der Waals surface area contributed by atoms with Crippen molar-refractivity contribution < 1.29 is 9.47 Å². The highest BCUT2D eigenvalue weighted by Gasteiger charge is 2.16. The third kappa shape index (κ3) is 3.36. The summed E-state index contributed by atoms with van der Waals surface area (Å²) in [7, 11) is 0. The zero-order chi connectivity index (χ0) is 12.3. The fraction of sp³-hybridized carbons (Fsp3) is 0.538. The standard InChI is InChI=1S/C13H18BrNO2/c1-9(2)15-4-3-10-7-11(14)13-12(8-10)16-5-6-17-13/h7-9,15H,3-6H2,1-2H3. The van der Waals surface area contributed by atoms with E-state index in [1.807, 2.05) is 0 Å². The maximum Gasteiger partial charge on any atom is 0.175 e. The first-order valence-corrected chi connectivity index (χ1v) is 6.77. The Morgan fingerprint density at radius 3 is 2.82 bits per heavy atom. The zero-order valence-electron chi connectivity index (χ0n) is 10.3. The molecule has 1 aromatic carbocycles. The molecule has 0 atom stereocenters. The minimum absolute atomic E-state index is 0.524. The lowest BCUT2D eigenvalue weighted by Crippen LogP contribution is -2.25. The Bertz CT molecular complexity index is 393. The molecule has 94 valence electrons. The van der Waals surface area contributed by atoms with Gasteiger partial charge in [-0.05, 0) is 46.6 Å². The second-order valence-corrected chi connectivity index (χ2v) is 5.31. The third-order valence-electron chi connectivity index (χ3n) is 2.62. The molecule has 0 unspecified atom stereocenters. The summed E-state index contributed by atoms with van der Waals surface area (Å²) in [5.41, 5.74) is 1.26.